The third kappa shape index (κ3) is 3.64. The smallest absolute Gasteiger partial charge is 0.315 e. The van der Waals surface area contributed by atoms with E-state index in [0.717, 1.165) is 23.7 Å². The number of nitrogens with zero attached hydrogens (tertiary/aromatic N) is 2. The van der Waals surface area contributed by atoms with Crippen molar-refractivity contribution >= 4 is 6.03 Å². The SMILES string of the molecule is CC(C)Cn1ccnc1CNC(=O)N[C@H]1COc2ccccc21. The van der Waals surface area contributed by atoms with Crippen molar-refractivity contribution in [2.75, 3.05) is 6.61 Å². The molecule has 1 aliphatic rings. The minimum Gasteiger partial charge on any atom is -0.491 e. The van der Waals surface area contributed by atoms with Crippen molar-refractivity contribution in [3.63, 3.8) is 0 Å². The predicted octanol–water partition coefficient (Wildman–Crippen LogP) is 2.47. The van der Waals surface area contributed by atoms with Crippen LogP contribution in [0.3, 0.4) is 0 Å². The number of benzene rings is 1. The zero-order chi connectivity index (χ0) is 16.2. The third-order valence-electron chi connectivity index (χ3n) is 3.78. The molecule has 0 radical (unpaired) electrons. The highest BCUT2D eigenvalue weighted by molar-refractivity contribution is 5.74. The summed E-state index contributed by atoms with van der Waals surface area (Å²) in [6, 6.07) is 7.44. The van der Waals surface area contributed by atoms with Gasteiger partial charge in [0.15, 0.2) is 0 Å². The van der Waals surface area contributed by atoms with Gasteiger partial charge in [-0.1, -0.05) is 32.0 Å². The molecule has 3 rings (SSSR count). The van der Waals surface area contributed by atoms with E-state index in [9.17, 15) is 4.79 Å². The fourth-order valence-corrected chi connectivity index (χ4v) is 2.72. The number of ether oxygens (including phenoxy) is 1. The molecular formula is C17H22N4O2. The van der Waals surface area contributed by atoms with Crippen LogP contribution < -0.4 is 15.4 Å². The van der Waals surface area contributed by atoms with E-state index >= 15 is 0 Å². The molecule has 1 aromatic carbocycles. The van der Waals surface area contributed by atoms with Gasteiger partial charge in [-0.3, -0.25) is 0 Å². The molecule has 23 heavy (non-hydrogen) atoms. The van der Waals surface area contributed by atoms with Gasteiger partial charge in [-0.05, 0) is 12.0 Å². The summed E-state index contributed by atoms with van der Waals surface area (Å²) < 4.78 is 7.63. The van der Waals surface area contributed by atoms with Crippen LogP contribution in [0.1, 0.15) is 31.3 Å². The normalized spacial score (nSPS) is 16.0. The van der Waals surface area contributed by atoms with E-state index in [-0.39, 0.29) is 12.1 Å². The van der Waals surface area contributed by atoms with Crippen molar-refractivity contribution in [1.29, 1.82) is 0 Å². The van der Waals surface area contributed by atoms with Crippen LogP contribution in [0.4, 0.5) is 4.79 Å². The molecule has 1 aliphatic heterocycles. The number of fused-ring (bicyclic) bond motifs is 1. The average Bonchev–Trinajstić information content (AvgIpc) is 3.12. The van der Waals surface area contributed by atoms with E-state index < -0.39 is 0 Å². The number of aromatic nitrogens is 2. The minimum atomic E-state index is -0.214. The number of rotatable bonds is 5. The Hall–Kier alpha value is -2.50. The van der Waals surface area contributed by atoms with Gasteiger partial charge in [0.05, 0.1) is 12.6 Å². The molecule has 2 heterocycles. The summed E-state index contributed by atoms with van der Waals surface area (Å²) in [7, 11) is 0. The summed E-state index contributed by atoms with van der Waals surface area (Å²) in [5.74, 6) is 2.23. The van der Waals surface area contributed by atoms with Gasteiger partial charge in [0.25, 0.3) is 0 Å². The monoisotopic (exact) mass is 314 g/mol. The van der Waals surface area contributed by atoms with E-state index in [4.69, 9.17) is 4.74 Å². The number of nitrogens with one attached hydrogen (secondary N) is 2. The Morgan fingerprint density at radius 2 is 2.26 bits per heavy atom. The summed E-state index contributed by atoms with van der Waals surface area (Å²) in [5, 5.41) is 5.81. The molecule has 2 aromatic rings. The van der Waals surface area contributed by atoms with Gasteiger partial charge in [0, 0.05) is 24.5 Å². The first kappa shape index (κ1) is 15.4. The minimum absolute atomic E-state index is 0.110. The Labute approximate surface area is 135 Å². The Morgan fingerprint density at radius 3 is 3.09 bits per heavy atom. The zero-order valence-corrected chi connectivity index (χ0v) is 13.5. The first-order valence-corrected chi connectivity index (χ1v) is 7.89. The maximum Gasteiger partial charge on any atom is 0.315 e. The molecule has 6 nitrogen and oxygen atoms in total. The van der Waals surface area contributed by atoms with Gasteiger partial charge < -0.3 is 19.9 Å². The molecular weight excluding hydrogens is 292 g/mol. The fraction of sp³-hybridized carbons (Fsp3) is 0.412. The van der Waals surface area contributed by atoms with Crippen molar-refractivity contribution in [3.8, 4) is 5.75 Å². The lowest BCUT2D eigenvalue weighted by molar-refractivity contribution is 0.231. The molecule has 6 heteroatoms. The van der Waals surface area contributed by atoms with Crippen LogP contribution in [0.25, 0.3) is 0 Å². The van der Waals surface area contributed by atoms with E-state index in [1.54, 1.807) is 6.20 Å². The van der Waals surface area contributed by atoms with Crippen LogP contribution in [-0.2, 0) is 13.1 Å². The largest absolute Gasteiger partial charge is 0.491 e. The lowest BCUT2D eigenvalue weighted by Gasteiger charge is -2.14. The molecule has 0 saturated carbocycles. The van der Waals surface area contributed by atoms with Crippen molar-refractivity contribution in [2.45, 2.75) is 33.0 Å². The van der Waals surface area contributed by atoms with Crippen molar-refractivity contribution in [3.05, 3.63) is 48.0 Å². The number of carbonyl (C=O) groups is 1. The second kappa shape index (κ2) is 6.73. The molecule has 2 amide bonds. The highest BCUT2D eigenvalue weighted by Crippen LogP contribution is 2.31. The highest BCUT2D eigenvalue weighted by Gasteiger charge is 2.24. The second-order valence-electron chi connectivity index (χ2n) is 6.12. The average molecular weight is 314 g/mol. The fourth-order valence-electron chi connectivity index (χ4n) is 2.72. The summed E-state index contributed by atoms with van der Waals surface area (Å²) in [6.07, 6.45) is 3.70. The topological polar surface area (TPSA) is 68.2 Å². The molecule has 0 bridgehead atoms. The summed E-state index contributed by atoms with van der Waals surface area (Å²) in [4.78, 5) is 16.4. The second-order valence-corrected chi connectivity index (χ2v) is 6.12. The van der Waals surface area contributed by atoms with Crippen LogP contribution in [0, 0.1) is 5.92 Å². The number of amides is 2. The first-order chi connectivity index (χ1) is 11.1. The molecule has 0 fully saturated rings. The van der Waals surface area contributed by atoms with Crippen LogP contribution in [0.15, 0.2) is 36.7 Å². The molecule has 0 saturated heterocycles. The summed E-state index contributed by atoms with van der Waals surface area (Å²) in [5.41, 5.74) is 1.02. The number of hydrogen-bond acceptors (Lipinski definition) is 3. The highest BCUT2D eigenvalue weighted by atomic mass is 16.5. The Kier molecular flexibility index (Phi) is 4.50. The quantitative estimate of drug-likeness (QED) is 0.891. The third-order valence-corrected chi connectivity index (χ3v) is 3.78. The van der Waals surface area contributed by atoms with Gasteiger partial charge in [-0.2, -0.15) is 0 Å². The molecule has 2 N–H and O–H groups in total. The van der Waals surface area contributed by atoms with Gasteiger partial charge in [-0.25, -0.2) is 9.78 Å². The molecule has 0 aliphatic carbocycles. The Morgan fingerprint density at radius 1 is 1.43 bits per heavy atom. The van der Waals surface area contributed by atoms with Crippen molar-refractivity contribution < 1.29 is 9.53 Å². The van der Waals surface area contributed by atoms with E-state index in [2.05, 4.69) is 34.0 Å². The molecule has 122 valence electrons. The van der Waals surface area contributed by atoms with E-state index in [1.165, 1.54) is 0 Å². The van der Waals surface area contributed by atoms with Gasteiger partial charge >= 0.3 is 6.03 Å². The maximum atomic E-state index is 12.1. The number of para-hydroxylation sites is 1. The van der Waals surface area contributed by atoms with Gasteiger partial charge in [-0.15, -0.1) is 0 Å². The number of carbonyl (C=O) groups excluding carboxylic acids is 1. The van der Waals surface area contributed by atoms with Gasteiger partial charge in [0.2, 0.25) is 0 Å². The standard InChI is InChI=1S/C17H22N4O2/c1-12(2)10-21-8-7-18-16(21)9-19-17(22)20-14-11-23-15-6-4-3-5-13(14)15/h3-8,12,14H,9-11H2,1-2H3,(H2,19,20,22)/t14-/m0/s1. The van der Waals surface area contributed by atoms with Crippen LogP contribution in [0.2, 0.25) is 0 Å². The van der Waals surface area contributed by atoms with Crippen LogP contribution >= 0.6 is 0 Å². The lowest BCUT2D eigenvalue weighted by Crippen LogP contribution is -2.38. The number of imidazole rings is 1. The lowest BCUT2D eigenvalue weighted by atomic mass is 10.1. The Bertz CT molecular complexity index is 681. The molecule has 0 spiro atoms. The Balaban J connectivity index is 1.54. The summed E-state index contributed by atoms with van der Waals surface area (Å²) >= 11 is 0. The van der Waals surface area contributed by atoms with Crippen molar-refractivity contribution in [2.24, 2.45) is 5.92 Å². The van der Waals surface area contributed by atoms with E-state index in [1.807, 2.05) is 30.5 Å². The maximum absolute atomic E-state index is 12.1. The van der Waals surface area contributed by atoms with Crippen LogP contribution in [0.5, 0.6) is 5.75 Å². The number of urea groups is 1. The molecule has 1 aromatic heterocycles. The first-order valence-electron chi connectivity index (χ1n) is 7.89. The zero-order valence-electron chi connectivity index (χ0n) is 13.5. The summed E-state index contributed by atoms with van der Waals surface area (Å²) in [6.45, 7) is 6.07. The van der Waals surface area contributed by atoms with Crippen LogP contribution in [-0.4, -0.2) is 22.2 Å². The predicted molar refractivity (Wildman–Crippen MR) is 87.1 cm³/mol. The van der Waals surface area contributed by atoms with E-state index in [0.29, 0.717) is 19.1 Å². The van der Waals surface area contributed by atoms with Gasteiger partial charge in [0.1, 0.15) is 18.2 Å². The molecule has 0 unspecified atom stereocenters. The van der Waals surface area contributed by atoms with Crippen molar-refractivity contribution in [1.82, 2.24) is 20.2 Å². The molecule has 1 atom stereocenters. The number of hydrogen-bond donors (Lipinski definition) is 2.